The minimum atomic E-state index is -0.937. The lowest BCUT2D eigenvalue weighted by Gasteiger charge is -2.19. The van der Waals surface area contributed by atoms with Gasteiger partial charge in [0.1, 0.15) is 0 Å². The largest absolute Gasteiger partial charge is 0.465 e. The fraction of sp³-hybridized carbons (Fsp3) is 0.348. The number of carbonyl (C=O) groups excluding carboxylic acids is 1. The molecule has 0 radical (unpaired) electrons. The van der Waals surface area contributed by atoms with Gasteiger partial charge in [0.2, 0.25) is 0 Å². The number of carbonyl (C=O) groups is 2. The Morgan fingerprint density at radius 2 is 1.63 bits per heavy atom. The molecule has 0 unspecified atom stereocenters. The minimum absolute atomic E-state index is 0.000590. The Balaban J connectivity index is 1.52. The summed E-state index contributed by atoms with van der Waals surface area (Å²) in [5.41, 5.74) is 3.06. The molecule has 0 atom stereocenters. The van der Waals surface area contributed by atoms with Gasteiger partial charge in [0, 0.05) is 39.2 Å². The molecule has 1 amide bonds. The average Bonchev–Trinajstić information content (AvgIpc) is 2.97. The number of unbranched alkanes of at least 4 members (excludes halogenated alkanes) is 1. The summed E-state index contributed by atoms with van der Waals surface area (Å²) < 4.78 is 3.09. The number of nitrogens with zero attached hydrogens (tertiary/aromatic N) is 3. The third-order valence-corrected chi connectivity index (χ3v) is 5.46. The molecule has 0 aliphatic rings. The Morgan fingerprint density at radius 1 is 0.933 bits per heavy atom. The summed E-state index contributed by atoms with van der Waals surface area (Å²) in [5.74, 6) is -0.000590. The van der Waals surface area contributed by atoms with E-state index in [1.165, 1.54) is 9.47 Å². The highest BCUT2D eigenvalue weighted by atomic mass is 16.4. The molecule has 7 nitrogen and oxygen atoms in total. The SMILES string of the molecule is Cn1c(=O)n(C)c2cc(C(=O)CCCCN(CCc3ccccc3)C(=O)O)ccc21. The van der Waals surface area contributed by atoms with Crippen LogP contribution in [0.1, 0.15) is 35.2 Å². The number of imidazole rings is 1. The number of hydrogen-bond acceptors (Lipinski definition) is 3. The van der Waals surface area contributed by atoms with Crippen molar-refractivity contribution >= 4 is 22.9 Å². The predicted molar refractivity (Wildman–Crippen MR) is 116 cm³/mol. The van der Waals surface area contributed by atoms with Crippen molar-refractivity contribution in [2.45, 2.75) is 25.7 Å². The number of ketones is 1. The molecule has 0 aliphatic heterocycles. The highest BCUT2D eigenvalue weighted by Crippen LogP contribution is 2.16. The van der Waals surface area contributed by atoms with Gasteiger partial charge in [-0.25, -0.2) is 9.59 Å². The van der Waals surface area contributed by atoms with Gasteiger partial charge in [0.05, 0.1) is 11.0 Å². The summed E-state index contributed by atoms with van der Waals surface area (Å²) in [7, 11) is 3.40. The van der Waals surface area contributed by atoms with Crippen molar-refractivity contribution in [1.29, 1.82) is 0 Å². The van der Waals surface area contributed by atoms with Crippen LogP contribution in [0.2, 0.25) is 0 Å². The summed E-state index contributed by atoms with van der Waals surface area (Å²) >= 11 is 0. The van der Waals surface area contributed by atoms with Crippen molar-refractivity contribution in [3.8, 4) is 0 Å². The van der Waals surface area contributed by atoms with E-state index in [1.54, 1.807) is 36.9 Å². The van der Waals surface area contributed by atoms with Crippen LogP contribution in [0, 0.1) is 0 Å². The van der Waals surface area contributed by atoms with E-state index in [4.69, 9.17) is 0 Å². The van der Waals surface area contributed by atoms with Crippen LogP contribution in [-0.4, -0.2) is 44.1 Å². The van der Waals surface area contributed by atoms with E-state index >= 15 is 0 Å². The maximum atomic E-state index is 12.6. The number of hydrogen-bond donors (Lipinski definition) is 1. The first-order valence-corrected chi connectivity index (χ1v) is 10.1. The van der Waals surface area contributed by atoms with Crippen molar-refractivity contribution < 1.29 is 14.7 Å². The van der Waals surface area contributed by atoms with Crippen LogP contribution < -0.4 is 5.69 Å². The number of aromatic nitrogens is 2. The summed E-state index contributed by atoms with van der Waals surface area (Å²) in [5, 5.41) is 9.42. The first kappa shape index (κ1) is 21.4. The molecule has 0 bridgehead atoms. The second kappa shape index (κ2) is 9.43. The minimum Gasteiger partial charge on any atom is -0.465 e. The molecular weight excluding hydrogens is 382 g/mol. The Morgan fingerprint density at radius 3 is 2.33 bits per heavy atom. The van der Waals surface area contributed by atoms with Gasteiger partial charge in [-0.15, -0.1) is 0 Å². The molecule has 3 rings (SSSR count). The molecule has 0 saturated heterocycles. The molecule has 1 N–H and O–H groups in total. The standard InChI is InChI=1S/C23H27N3O4/c1-24-19-12-11-18(16-20(19)25(2)22(24)28)21(27)10-6-7-14-26(23(29)30)15-13-17-8-4-3-5-9-17/h3-5,8-9,11-12,16H,6-7,10,13-15H2,1-2H3,(H,29,30). The average molecular weight is 409 g/mol. The third-order valence-electron chi connectivity index (χ3n) is 5.46. The predicted octanol–water partition coefficient (Wildman–Crippen LogP) is 3.45. The van der Waals surface area contributed by atoms with Crippen LogP contribution in [0.5, 0.6) is 0 Å². The molecule has 0 saturated carbocycles. The molecule has 0 spiro atoms. The first-order valence-electron chi connectivity index (χ1n) is 10.1. The van der Waals surface area contributed by atoms with E-state index in [9.17, 15) is 19.5 Å². The highest BCUT2D eigenvalue weighted by Gasteiger charge is 2.14. The number of rotatable bonds is 9. The molecule has 0 fully saturated rings. The van der Waals surface area contributed by atoms with Gasteiger partial charge in [0.25, 0.3) is 0 Å². The number of fused-ring (bicyclic) bond motifs is 1. The number of amides is 1. The van der Waals surface area contributed by atoms with Gasteiger partial charge in [-0.3, -0.25) is 13.9 Å². The van der Waals surface area contributed by atoms with Crippen molar-refractivity contribution in [3.05, 3.63) is 70.1 Å². The second-order valence-corrected chi connectivity index (χ2v) is 7.49. The smallest absolute Gasteiger partial charge is 0.407 e. The van der Waals surface area contributed by atoms with Crippen LogP contribution in [0.3, 0.4) is 0 Å². The number of aryl methyl sites for hydroxylation is 2. The molecule has 158 valence electrons. The van der Waals surface area contributed by atoms with Gasteiger partial charge in [-0.05, 0) is 43.0 Å². The topological polar surface area (TPSA) is 84.5 Å². The van der Waals surface area contributed by atoms with Crippen LogP contribution in [0.25, 0.3) is 11.0 Å². The molecule has 30 heavy (non-hydrogen) atoms. The zero-order valence-corrected chi connectivity index (χ0v) is 17.4. The second-order valence-electron chi connectivity index (χ2n) is 7.49. The van der Waals surface area contributed by atoms with Crippen molar-refractivity contribution in [2.24, 2.45) is 14.1 Å². The lowest BCUT2D eigenvalue weighted by atomic mass is 10.0. The van der Waals surface area contributed by atoms with E-state index in [1.807, 2.05) is 30.3 Å². The Kier molecular flexibility index (Phi) is 6.72. The zero-order chi connectivity index (χ0) is 21.7. The molecular formula is C23H27N3O4. The third kappa shape index (κ3) is 4.79. The molecule has 7 heteroatoms. The van der Waals surface area contributed by atoms with E-state index in [-0.39, 0.29) is 11.5 Å². The van der Waals surface area contributed by atoms with Crippen LogP contribution >= 0.6 is 0 Å². The van der Waals surface area contributed by atoms with Gasteiger partial charge < -0.3 is 10.0 Å². The van der Waals surface area contributed by atoms with Gasteiger partial charge in [-0.1, -0.05) is 30.3 Å². The fourth-order valence-corrected chi connectivity index (χ4v) is 3.62. The van der Waals surface area contributed by atoms with Crippen LogP contribution in [0.15, 0.2) is 53.3 Å². The van der Waals surface area contributed by atoms with E-state index < -0.39 is 6.09 Å². The molecule has 1 aromatic heterocycles. The van der Waals surface area contributed by atoms with E-state index in [0.29, 0.717) is 44.3 Å². The van der Waals surface area contributed by atoms with Crippen LogP contribution in [-0.2, 0) is 20.5 Å². The van der Waals surface area contributed by atoms with Crippen molar-refractivity contribution in [3.63, 3.8) is 0 Å². The Labute approximate surface area is 175 Å². The Hall–Kier alpha value is -3.35. The molecule has 0 aliphatic carbocycles. The summed E-state index contributed by atoms with van der Waals surface area (Å²) in [6, 6.07) is 15.1. The summed E-state index contributed by atoms with van der Waals surface area (Å²) in [6.07, 6.45) is 1.31. The van der Waals surface area contributed by atoms with Crippen molar-refractivity contribution in [1.82, 2.24) is 14.0 Å². The first-order chi connectivity index (χ1) is 14.4. The zero-order valence-electron chi connectivity index (χ0n) is 17.4. The molecule has 2 aromatic carbocycles. The van der Waals surface area contributed by atoms with Crippen LogP contribution in [0.4, 0.5) is 4.79 Å². The monoisotopic (exact) mass is 409 g/mol. The summed E-state index contributed by atoms with van der Waals surface area (Å²) in [4.78, 5) is 37.5. The van der Waals surface area contributed by atoms with Gasteiger partial charge in [0.15, 0.2) is 5.78 Å². The molecule has 3 aromatic rings. The maximum absolute atomic E-state index is 12.6. The normalized spacial score (nSPS) is 11.0. The lowest BCUT2D eigenvalue weighted by Crippen LogP contribution is -2.32. The number of carboxylic acid groups (broad SMARTS) is 1. The Bertz CT molecular complexity index is 1100. The number of Topliss-reactive ketones (excluding diaryl/α,β-unsaturated/α-hetero) is 1. The summed E-state index contributed by atoms with van der Waals surface area (Å²) in [6.45, 7) is 0.841. The van der Waals surface area contributed by atoms with E-state index in [2.05, 4.69) is 0 Å². The van der Waals surface area contributed by atoms with Gasteiger partial charge >= 0.3 is 11.8 Å². The highest BCUT2D eigenvalue weighted by molar-refractivity contribution is 5.99. The number of benzene rings is 2. The quantitative estimate of drug-likeness (QED) is 0.433. The van der Waals surface area contributed by atoms with Crippen molar-refractivity contribution in [2.75, 3.05) is 13.1 Å². The van der Waals surface area contributed by atoms with Gasteiger partial charge in [-0.2, -0.15) is 0 Å². The maximum Gasteiger partial charge on any atom is 0.407 e. The van der Waals surface area contributed by atoms with E-state index in [0.717, 1.165) is 16.6 Å². The lowest BCUT2D eigenvalue weighted by molar-refractivity contribution is 0.0978. The molecule has 1 heterocycles. The fourth-order valence-electron chi connectivity index (χ4n) is 3.62.